The lowest BCUT2D eigenvalue weighted by atomic mass is 10.1. The minimum Gasteiger partial charge on any atom is -0.326 e. The van der Waals surface area contributed by atoms with Gasteiger partial charge in [0.05, 0.1) is 6.20 Å². The maximum atomic E-state index is 14.2. The lowest BCUT2D eigenvalue weighted by Gasteiger charge is -2.11. The standard InChI is InChI=1S/C16H19FN4O/c1-11-9-19-21(10-11)15-5-4-13(7-14(15)17)20-16(22)8-12-3-2-6-18-12/h4-5,7,9-10,12,18H,2-3,6,8H2,1H3,(H,20,22). The van der Waals surface area contributed by atoms with Gasteiger partial charge in [-0.05, 0) is 50.1 Å². The van der Waals surface area contributed by atoms with Crippen molar-refractivity contribution < 1.29 is 9.18 Å². The number of amides is 1. The van der Waals surface area contributed by atoms with Crippen LogP contribution in [0.1, 0.15) is 24.8 Å². The molecule has 1 aliphatic rings. The van der Waals surface area contributed by atoms with E-state index in [1.165, 1.54) is 10.7 Å². The fourth-order valence-electron chi connectivity index (χ4n) is 2.68. The number of rotatable bonds is 4. The third-order valence-electron chi connectivity index (χ3n) is 3.78. The Labute approximate surface area is 128 Å². The first-order valence-electron chi connectivity index (χ1n) is 7.46. The highest BCUT2D eigenvalue weighted by atomic mass is 19.1. The molecule has 1 saturated heterocycles. The number of aryl methyl sites for hydroxylation is 1. The third-order valence-corrected chi connectivity index (χ3v) is 3.78. The number of carbonyl (C=O) groups is 1. The molecule has 116 valence electrons. The number of carbonyl (C=O) groups excluding carboxylic acids is 1. The van der Waals surface area contributed by atoms with Gasteiger partial charge in [-0.2, -0.15) is 5.10 Å². The van der Waals surface area contributed by atoms with Gasteiger partial charge in [-0.15, -0.1) is 0 Å². The van der Waals surface area contributed by atoms with E-state index in [2.05, 4.69) is 15.7 Å². The van der Waals surface area contributed by atoms with Crippen molar-refractivity contribution >= 4 is 11.6 Å². The van der Waals surface area contributed by atoms with Crippen molar-refractivity contribution in [2.24, 2.45) is 0 Å². The van der Waals surface area contributed by atoms with Crippen molar-refractivity contribution in [3.63, 3.8) is 0 Å². The van der Waals surface area contributed by atoms with E-state index in [0.29, 0.717) is 17.8 Å². The van der Waals surface area contributed by atoms with Gasteiger partial charge in [0.15, 0.2) is 5.82 Å². The van der Waals surface area contributed by atoms with Crippen LogP contribution in [-0.4, -0.2) is 28.3 Å². The molecule has 1 aromatic carbocycles. The molecule has 0 spiro atoms. The number of nitrogens with one attached hydrogen (secondary N) is 2. The fourth-order valence-corrected chi connectivity index (χ4v) is 2.68. The summed E-state index contributed by atoms with van der Waals surface area (Å²) in [5.41, 5.74) is 1.79. The Morgan fingerprint density at radius 1 is 1.55 bits per heavy atom. The summed E-state index contributed by atoms with van der Waals surface area (Å²) in [5.74, 6) is -0.513. The highest BCUT2D eigenvalue weighted by Gasteiger charge is 2.18. The molecular formula is C16H19FN4O. The lowest BCUT2D eigenvalue weighted by molar-refractivity contribution is -0.116. The Morgan fingerprint density at radius 2 is 2.41 bits per heavy atom. The first kappa shape index (κ1) is 14.7. The van der Waals surface area contributed by atoms with Crippen LogP contribution in [0.5, 0.6) is 0 Å². The predicted octanol–water partition coefficient (Wildman–Crippen LogP) is 2.40. The van der Waals surface area contributed by atoms with Crippen LogP contribution in [0.2, 0.25) is 0 Å². The smallest absolute Gasteiger partial charge is 0.225 e. The van der Waals surface area contributed by atoms with Gasteiger partial charge in [0.2, 0.25) is 5.91 Å². The van der Waals surface area contributed by atoms with Crippen molar-refractivity contribution in [3.05, 3.63) is 42.0 Å². The number of halogens is 1. The molecule has 1 atom stereocenters. The normalized spacial score (nSPS) is 17.6. The molecular weight excluding hydrogens is 283 g/mol. The monoisotopic (exact) mass is 302 g/mol. The Morgan fingerprint density at radius 3 is 3.05 bits per heavy atom. The van der Waals surface area contributed by atoms with Crippen molar-refractivity contribution in [2.75, 3.05) is 11.9 Å². The average Bonchev–Trinajstić information content (AvgIpc) is 3.10. The van der Waals surface area contributed by atoms with Crippen LogP contribution in [0.4, 0.5) is 10.1 Å². The Bertz CT molecular complexity index is 677. The largest absolute Gasteiger partial charge is 0.326 e. The fraction of sp³-hybridized carbons (Fsp3) is 0.375. The minimum atomic E-state index is -0.417. The summed E-state index contributed by atoms with van der Waals surface area (Å²) in [5, 5.41) is 10.1. The molecule has 1 fully saturated rings. The van der Waals surface area contributed by atoms with Gasteiger partial charge in [-0.1, -0.05) is 0 Å². The third kappa shape index (κ3) is 3.33. The van der Waals surface area contributed by atoms with Crippen molar-refractivity contribution in [2.45, 2.75) is 32.2 Å². The Kier molecular flexibility index (Phi) is 4.20. The van der Waals surface area contributed by atoms with Crippen LogP contribution in [0.25, 0.3) is 5.69 Å². The van der Waals surface area contributed by atoms with E-state index in [-0.39, 0.29) is 11.9 Å². The molecule has 1 unspecified atom stereocenters. The minimum absolute atomic E-state index is 0.0958. The van der Waals surface area contributed by atoms with Gasteiger partial charge < -0.3 is 10.6 Å². The van der Waals surface area contributed by atoms with Gasteiger partial charge in [0, 0.05) is 24.3 Å². The zero-order chi connectivity index (χ0) is 15.5. The number of benzene rings is 1. The number of nitrogens with zero attached hydrogens (tertiary/aromatic N) is 2. The Hall–Kier alpha value is -2.21. The predicted molar refractivity (Wildman–Crippen MR) is 82.5 cm³/mol. The second-order valence-electron chi connectivity index (χ2n) is 5.67. The molecule has 1 aromatic heterocycles. The van der Waals surface area contributed by atoms with E-state index in [9.17, 15) is 9.18 Å². The van der Waals surface area contributed by atoms with Crippen LogP contribution in [0.15, 0.2) is 30.6 Å². The van der Waals surface area contributed by atoms with E-state index >= 15 is 0 Å². The first-order chi connectivity index (χ1) is 10.6. The molecule has 6 heteroatoms. The van der Waals surface area contributed by atoms with Gasteiger partial charge in [-0.3, -0.25) is 4.79 Å². The number of anilines is 1. The summed E-state index contributed by atoms with van der Waals surface area (Å²) in [6.45, 7) is 2.86. The summed E-state index contributed by atoms with van der Waals surface area (Å²) in [7, 11) is 0. The summed E-state index contributed by atoms with van der Waals surface area (Å²) in [6.07, 6.45) is 5.96. The van der Waals surface area contributed by atoms with Gasteiger partial charge in [0.25, 0.3) is 0 Å². The summed E-state index contributed by atoms with van der Waals surface area (Å²) in [4.78, 5) is 11.9. The number of aromatic nitrogens is 2. The SMILES string of the molecule is Cc1cnn(-c2ccc(NC(=O)CC3CCCN3)cc2F)c1. The molecule has 0 aliphatic carbocycles. The van der Waals surface area contributed by atoms with E-state index in [1.807, 2.05) is 6.92 Å². The Balaban J connectivity index is 1.67. The second kappa shape index (κ2) is 6.27. The van der Waals surface area contributed by atoms with Crippen LogP contribution in [0.3, 0.4) is 0 Å². The molecule has 1 aliphatic heterocycles. The summed E-state index contributed by atoms with van der Waals surface area (Å²) >= 11 is 0. The molecule has 22 heavy (non-hydrogen) atoms. The molecule has 2 aromatic rings. The molecule has 3 rings (SSSR count). The molecule has 0 radical (unpaired) electrons. The zero-order valence-electron chi connectivity index (χ0n) is 12.5. The number of hydrogen-bond acceptors (Lipinski definition) is 3. The molecule has 0 saturated carbocycles. The summed E-state index contributed by atoms with van der Waals surface area (Å²) in [6, 6.07) is 4.86. The van der Waals surface area contributed by atoms with Crippen molar-refractivity contribution in [3.8, 4) is 5.69 Å². The first-order valence-corrected chi connectivity index (χ1v) is 7.46. The molecule has 2 N–H and O–H groups in total. The zero-order valence-corrected chi connectivity index (χ0v) is 12.5. The second-order valence-corrected chi connectivity index (χ2v) is 5.67. The van der Waals surface area contributed by atoms with E-state index in [1.54, 1.807) is 24.5 Å². The molecule has 2 heterocycles. The average molecular weight is 302 g/mol. The van der Waals surface area contributed by atoms with E-state index in [4.69, 9.17) is 0 Å². The molecule has 0 bridgehead atoms. The highest BCUT2D eigenvalue weighted by Crippen LogP contribution is 2.19. The van der Waals surface area contributed by atoms with Crippen LogP contribution < -0.4 is 10.6 Å². The van der Waals surface area contributed by atoms with Crippen molar-refractivity contribution in [1.29, 1.82) is 0 Å². The molecule has 5 nitrogen and oxygen atoms in total. The highest BCUT2D eigenvalue weighted by molar-refractivity contribution is 5.91. The quantitative estimate of drug-likeness (QED) is 0.912. The van der Waals surface area contributed by atoms with Crippen LogP contribution in [-0.2, 0) is 4.79 Å². The maximum Gasteiger partial charge on any atom is 0.225 e. The summed E-state index contributed by atoms with van der Waals surface area (Å²) < 4.78 is 15.7. The van der Waals surface area contributed by atoms with E-state index in [0.717, 1.165) is 24.9 Å². The lowest BCUT2D eigenvalue weighted by Crippen LogP contribution is -2.27. The van der Waals surface area contributed by atoms with Gasteiger partial charge in [0.1, 0.15) is 5.69 Å². The number of hydrogen-bond donors (Lipinski definition) is 2. The van der Waals surface area contributed by atoms with Gasteiger partial charge in [-0.25, -0.2) is 9.07 Å². The van der Waals surface area contributed by atoms with Crippen LogP contribution in [0, 0.1) is 12.7 Å². The van der Waals surface area contributed by atoms with Crippen LogP contribution >= 0.6 is 0 Å². The van der Waals surface area contributed by atoms with Crippen molar-refractivity contribution in [1.82, 2.24) is 15.1 Å². The maximum absolute atomic E-state index is 14.2. The molecule has 1 amide bonds. The van der Waals surface area contributed by atoms with E-state index < -0.39 is 5.82 Å². The topological polar surface area (TPSA) is 59.0 Å². The van der Waals surface area contributed by atoms with Gasteiger partial charge >= 0.3 is 0 Å².